The minimum absolute atomic E-state index is 0.251. The molecule has 1 aromatic carbocycles. The van der Waals surface area contributed by atoms with Gasteiger partial charge < -0.3 is 10.8 Å². The molecule has 1 aliphatic rings. The Bertz CT molecular complexity index is 392. The van der Waals surface area contributed by atoms with Crippen LogP contribution in [0.3, 0.4) is 0 Å². The van der Waals surface area contributed by atoms with Crippen molar-refractivity contribution < 1.29 is 5.11 Å². The van der Waals surface area contributed by atoms with E-state index in [4.69, 9.17) is 10.8 Å². The Morgan fingerprint density at radius 2 is 1.83 bits per heavy atom. The molecule has 4 nitrogen and oxygen atoms in total. The van der Waals surface area contributed by atoms with Crippen molar-refractivity contribution in [2.24, 2.45) is 0 Å². The zero-order chi connectivity index (χ0) is 13.0. The number of β-amino-alcohol motifs (C(OH)–C–C–N with tert-alkyl or cyclic N) is 1. The van der Waals surface area contributed by atoms with Crippen molar-refractivity contribution in [1.29, 1.82) is 0 Å². The third-order valence-electron chi connectivity index (χ3n) is 3.38. The molecule has 0 saturated carbocycles. The van der Waals surface area contributed by atoms with E-state index in [9.17, 15) is 0 Å². The molecule has 1 fully saturated rings. The molecular formula is C13H20BrN3O. The summed E-state index contributed by atoms with van der Waals surface area (Å²) in [5.74, 6) is 0. The SMILES string of the molecule is Nc1cccc(CN2CCN(CCO)CC2)c1Br. The van der Waals surface area contributed by atoms with Gasteiger partial charge in [0.15, 0.2) is 0 Å². The number of nitrogen functional groups attached to an aromatic ring is 1. The smallest absolute Gasteiger partial charge is 0.0558 e. The molecule has 100 valence electrons. The highest BCUT2D eigenvalue weighted by Gasteiger charge is 2.17. The van der Waals surface area contributed by atoms with Crippen LogP contribution in [0, 0.1) is 0 Å². The fourth-order valence-electron chi connectivity index (χ4n) is 2.28. The van der Waals surface area contributed by atoms with Crippen LogP contribution in [0.4, 0.5) is 5.69 Å². The number of piperazine rings is 1. The maximum Gasteiger partial charge on any atom is 0.0558 e. The molecule has 2 rings (SSSR count). The normalized spacial score (nSPS) is 18.1. The Morgan fingerprint density at radius 1 is 1.17 bits per heavy atom. The molecule has 0 radical (unpaired) electrons. The van der Waals surface area contributed by atoms with Gasteiger partial charge in [0.05, 0.1) is 6.61 Å². The van der Waals surface area contributed by atoms with Crippen LogP contribution in [-0.4, -0.2) is 54.2 Å². The van der Waals surface area contributed by atoms with Gasteiger partial charge in [-0.05, 0) is 27.6 Å². The van der Waals surface area contributed by atoms with Crippen LogP contribution in [0.1, 0.15) is 5.56 Å². The first-order chi connectivity index (χ1) is 8.70. The van der Waals surface area contributed by atoms with Crippen molar-refractivity contribution >= 4 is 21.6 Å². The lowest BCUT2D eigenvalue weighted by atomic mass is 10.1. The summed E-state index contributed by atoms with van der Waals surface area (Å²) in [4.78, 5) is 4.72. The van der Waals surface area contributed by atoms with Crippen LogP contribution >= 0.6 is 15.9 Å². The summed E-state index contributed by atoms with van der Waals surface area (Å²) in [5, 5.41) is 8.91. The van der Waals surface area contributed by atoms with Crippen LogP contribution in [-0.2, 0) is 6.54 Å². The number of anilines is 1. The van der Waals surface area contributed by atoms with E-state index in [0.29, 0.717) is 0 Å². The van der Waals surface area contributed by atoms with Gasteiger partial charge in [0.25, 0.3) is 0 Å². The number of rotatable bonds is 4. The predicted molar refractivity (Wildman–Crippen MR) is 77.4 cm³/mol. The monoisotopic (exact) mass is 313 g/mol. The topological polar surface area (TPSA) is 52.7 Å². The Kier molecular flexibility index (Phi) is 5.00. The van der Waals surface area contributed by atoms with Gasteiger partial charge in [-0.3, -0.25) is 9.80 Å². The second-order valence-corrected chi connectivity index (χ2v) is 5.45. The first kappa shape index (κ1) is 13.8. The van der Waals surface area contributed by atoms with Gasteiger partial charge >= 0.3 is 0 Å². The van der Waals surface area contributed by atoms with Crippen molar-refractivity contribution in [3.8, 4) is 0 Å². The van der Waals surface area contributed by atoms with Crippen molar-refractivity contribution in [3.05, 3.63) is 28.2 Å². The highest BCUT2D eigenvalue weighted by Crippen LogP contribution is 2.25. The summed E-state index contributed by atoms with van der Waals surface area (Å²) < 4.78 is 1.02. The van der Waals surface area contributed by atoms with Gasteiger partial charge in [-0.1, -0.05) is 12.1 Å². The van der Waals surface area contributed by atoms with Crippen molar-refractivity contribution in [3.63, 3.8) is 0 Å². The summed E-state index contributed by atoms with van der Waals surface area (Å²) in [5.41, 5.74) is 7.92. The van der Waals surface area contributed by atoms with Crippen molar-refractivity contribution in [1.82, 2.24) is 9.80 Å². The molecule has 1 saturated heterocycles. The minimum atomic E-state index is 0.251. The number of nitrogens with zero attached hydrogens (tertiary/aromatic N) is 2. The molecule has 1 aromatic rings. The number of aliphatic hydroxyl groups is 1. The fourth-order valence-corrected chi connectivity index (χ4v) is 2.66. The van der Waals surface area contributed by atoms with E-state index in [-0.39, 0.29) is 6.61 Å². The summed E-state index contributed by atoms with van der Waals surface area (Å²) in [7, 11) is 0. The highest BCUT2D eigenvalue weighted by molar-refractivity contribution is 9.10. The maximum atomic E-state index is 8.91. The third kappa shape index (κ3) is 3.45. The zero-order valence-corrected chi connectivity index (χ0v) is 12.1. The summed E-state index contributed by atoms with van der Waals surface area (Å²) in [6.45, 7) is 6.11. The van der Waals surface area contributed by atoms with Gasteiger partial charge in [0, 0.05) is 49.4 Å². The lowest BCUT2D eigenvalue weighted by Crippen LogP contribution is -2.46. The molecule has 0 bridgehead atoms. The molecule has 0 aliphatic carbocycles. The third-order valence-corrected chi connectivity index (χ3v) is 4.35. The zero-order valence-electron chi connectivity index (χ0n) is 10.5. The molecule has 18 heavy (non-hydrogen) atoms. The number of hydrogen-bond donors (Lipinski definition) is 2. The lowest BCUT2D eigenvalue weighted by molar-refractivity contribution is 0.108. The molecular weight excluding hydrogens is 294 g/mol. The number of nitrogens with two attached hydrogens (primary N) is 1. The number of aliphatic hydroxyl groups excluding tert-OH is 1. The number of halogens is 1. The van der Waals surface area contributed by atoms with Gasteiger partial charge in [-0.25, -0.2) is 0 Å². The van der Waals surface area contributed by atoms with Gasteiger partial charge in [-0.2, -0.15) is 0 Å². The summed E-state index contributed by atoms with van der Waals surface area (Å²) in [6, 6.07) is 6.02. The van der Waals surface area contributed by atoms with E-state index >= 15 is 0 Å². The van der Waals surface area contributed by atoms with E-state index in [2.05, 4.69) is 31.8 Å². The highest BCUT2D eigenvalue weighted by atomic mass is 79.9. The Balaban J connectivity index is 1.90. The lowest BCUT2D eigenvalue weighted by Gasteiger charge is -2.34. The molecule has 0 spiro atoms. The van der Waals surface area contributed by atoms with Crippen LogP contribution in [0.2, 0.25) is 0 Å². The number of hydrogen-bond acceptors (Lipinski definition) is 4. The van der Waals surface area contributed by atoms with Gasteiger partial charge in [-0.15, -0.1) is 0 Å². The van der Waals surface area contributed by atoms with E-state index in [0.717, 1.165) is 49.4 Å². The molecule has 0 aromatic heterocycles. The van der Waals surface area contributed by atoms with E-state index in [1.165, 1.54) is 5.56 Å². The summed E-state index contributed by atoms with van der Waals surface area (Å²) in [6.07, 6.45) is 0. The van der Waals surface area contributed by atoms with Crippen LogP contribution < -0.4 is 5.73 Å². The average Bonchev–Trinajstić information content (AvgIpc) is 2.38. The minimum Gasteiger partial charge on any atom is -0.398 e. The Morgan fingerprint density at radius 3 is 2.50 bits per heavy atom. The van der Waals surface area contributed by atoms with Crippen LogP contribution in [0.15, 0.2) is 22.7 Å². The largest absolute Gasteiger partial charge is 0.398 e. The fraction of sp³-hybridized carbons (Fsp3) is 0.538. The van der Waals surface area contributed by atoms with E-state index < -0.39 is 0 Å². The molecule has 0 unspecified atom stereocenters. The summed E-state index contributed by atoms with van der Waals surface area (Å²) >= 11 is 3.55. The average molecular weight is 314 g/mol. The first-order valence-corrected chi connectivity index (χ1v) is 7.08. The Hall–Kier alpha value is -0.620. The van der Waals surface area contributed by atoms with Gasteiger partial charge in [0.2, 0.25) is 0 Å². The van der Waals surface area contributed by atoms with E-state index in [1.807, 2.05) is 12.1 Å². The standard InChI is InChI=1S/C13H20BrN3O/c14-13-11(2-1-3-12(13)15)10-17-6-4-16(5-7-17)8-9-18/h1-3,18H,4-10,15H2. The van der Waals surface area contributed by atoms with Crippen LogP contribution in [0.5, 0.6) is 0 Å². The Labute approximate surface area is 117 Å². The van der Waals surface area contributed by atoms with Crippen molar-refractivity contribution in [2.45, 2.75) is 6.54 Å². The number of benzene rings is 1. The molecule has 5 heteroatoms. The molecule has 1 heterocycles. The van der Waals surface area contributed by atoms with Gasteiger partial charge in [0.1, 0.15) is 0 Å². The quantitative estimate of drug-likeness (QED) is 0.819. The molecule has 1 aliphatic heterocycles. The molecule has 0 amide bonds. The second-order valence-electron chi connectivity index (χ2n) is 4.66. The van der Waals surface area contributed by atoms with Crippen molar-refractivity contribution in [2.75, 3.05) is 45.1 Å². The predicted octanol–water partition coefficient (Wildman–Crippen LogP) is 1.14. The first-order valence-electron chi connectivity index (χ1n) is 6.29. The molecule has 0 atom stereocenters. The van der Waals surface area contributed by atoms with E-state index in [1.54, 1.807) is 0 Å². The maximum absolute atomic E-state index is 8.91. The van der Waals surface area contributed by atoms with Crippen LogP contribution in [0.25, 0.3) is 0 Å². The molecule has 3 N–H and O–H groups in total. The second kappa shape index (κ2) is 6.52.